The number of allylic oxidation sites excluding steroid dienone is 1. The molecule has 5 rings (SSSR count). The minimum Gasteiger partial charge on any atom is -0.442 e. The largest absolute Gasteiger partial charge is 0.442 e. The summed E-state index contributed by atoms with van der Waals surface area (Å²) in [7, 11) is 0. The minimum absolute atomic E-state index is 0.0351. The van der Waals surface area contributed by atoms with Gasteiger partial charge in [-0.2, -0.15) is 5.06 Å². The molecule has 4 aliphatic heterocycles. The first-order valence-electron chi connectivity index (χ1n) is 14.4. The van der Waals surface area contributed by atoms with Crippen LogP contribution in [0.5, 0.6) is 0 Å². The highest BCUT2D eigenvalue weighted by atomic mass is 19.1. The van der Waals surface area contributed by atoms with Crippen LogP contribution in [0.3, 0.4) is 0 Å². The van der Waals surface area contributed by atoms with E-state index in [1.807, 2.05) is 0 Å². The van der Waals surface area contributed by atoms with Crippen LogP contribution in [0.4, 0.5) is 24.1 Å². The van der Waals surface area contributed by atoms with Crippen molar-refractivity contribution in [1.29, 1.82) is 0 Å². The van der Waals surface area contributed by atoms with E-state index in [1.165, 1.54) is 0 Å². The summed E-state index contributed by atoms with van der Waals surface area (Å²) in [4.78, 5) is 46.4. The molecule has 240 valence electrons. The number of nitrogens with two attached hydrogens (primary N) is 1. The molecular formula is C30H38F2N4O8. The van der Waals surface area contributed by atoms with Gasteiger partial charge in [0.15, 0.2) is 11.9 Å². The minimum atomic E-state index is -0.898. The molecule has 4 heterocycles. The van der Waals surface area contributed by atoms with Crippen LogP contribution in [-0.2, 0) is 28.6 Å². The first-order chi connectivity index (χ1) is 20.5. The Labute approximate surface area is 254 Å². The number of rotatable bonds is 5. The van der Waals surface area contributed by atoms with Gasteiger partial charge in [-0.3, -0.25) is 14.5 Å². The van der Waals surface area contributed by atoms with Crippen molar-refractivity contribution >= 4 is 29.4 Å². The van der Waals surface area contributed by atoms with Gasteiger partial charge in [-0.1, -0.05) is 6.08 Å². The monoisotopic (exact) mass is 620 g/mol. The van der Waals surface area contributed by atoms with Crippen LogP contribution in [0.25, 0.3) is 5.57 Å². The Morgan fingerprint density at radius 3 is 2.43 bits per heavy atom. The smallest absolute Gasteiger partial charge is 0.439 e. The lowest BCUT2D eigenvalue weighted by atomic mass is 9.97. The Balaban J connectivity index is 1.23. The van der Waals surface area contributed by atoms with Gasteiger partial charge in [0.1, 0.15) is 29.4 Å². The molecule has 4 aliphatic rings. The number of hydroxylamine groups is 2. The lowest BCUT2D eigenvalue weighted by Crippen LogP contribution is -2.47. The van der Waals surface area contributed by atoms with Crippen molar-refractivity contribution in [2.45, 2.75) is 83.7 Å². The normalized spacial score (nSPS) is 26.0. The Morgan fingerprint density at radius 2 is 1.86 bits per heavy atom. The number of cyclic esters (lactones) is 1. The van der Waals surface area contributed by atoms with Crippen LogP contribution in [0, 0.1) is 11.6 Å². The average molecular weight is 621 g/mol. The van der Waals surface area contributed by atoms with Gasteiger partial charge in [0.05, 0.1) is 24.9 Å². The second-order valence-corrected chi connectivity index (χ2v) is 12.6. The Morgan fingerprint density at radius 1 is 1.18 bits per heavy atom. The van der Waals surface area contributed by atoms with Crippen molar-refractivity contribution in [3.8, 4) is 0 Å². The van der Waals surface area contributed by atoms with Crippen LogP contribution in [0.2, 0.25) is 0 Å². The lowest BCUT2D eigenvalue weighted by Gasteiger charge is -2.29. The number of hydrogen-bond acceptors (Lipinski definition) is 9. The summed E-state index contributed by atoms with van der Waals surface area (Å²) in [6, 6.07) is 1.24. The molecule has 0 spiro atoms. The summed E-state index contributed by atoms with van der Waals surface area (Å²) in [5.74, 6) is -2.80. The SMILES string of the molecule is CC1=CC(C(N)[C@H]2CN(c3cc(F)c(C4=CCN(C(=O)[C@@H]5COC(C)(C)O5)CC4)c(F)c3)C(=O)O2)ON1C(=O)OC(C)(C)C. The lowest BCUT2D eigenvalue weighted by molar-refractivity contribution is -0.159. The summed E-state index contributed by atoms with van der Waals surface area (Å²) in [5, 5.41) is 0.987. The molecule has 0 radical (unpaired) electrons. The van der Waals surface area contributed by atoms with Crippen molar-refractivity contribution in [1.82, 2.24) is 9.96 Å². The highest BCUT2D eigenvalue weighted by molar-refractivity contribution is 5.90. The fraction of sp³-hybridized carbons (Fsp3) is 0.567. The van der Waals surface area contributed by atoms with Crippen LogP contribution >= 0.6 is 0 Å². The van der Waals surface area contributed by atoms with Gasteiger partial charge in [0, 0.05) is 24.4 Å². The zero-order chi connectivity index (χ0) is 32.1. The zero-order valence-corrected chi connectivity index (χ0v) is 25.6. The maximum atomic E-state index is 15.4. The van der Waals surface area contributed by atoms with Crippen LogP contribution in [-0.4, -0.2) is 90.0 Å². The van der Waals surface area contributed by atoms with E-state index in [-0.39, 0.29) is 49.8 Å². The van der Waals surface area contributed by atoms with E-state index in [2.05, 4.69) is 0 Å². The fourth-order valence-corrected chi connectivity index (χ4v) is 5.45. The molecule has 0 saturated carbocycles. The molecule has 2 N–H and O–H groups in total. The van der Waals surface area contributed by atoms with Gasteiger partial charge in [0.25, 0.3) is 5.91 Å². The van der Waals surface area contributed by atoms with Crippen molar-refractivity contribution in [2.24, 2.45) is 5.73 Å². The molecule has 2 unspecified atom stereocenters. The molecule has 44 heavy (non-hydrogen) atoms. The number of ether oxygens (including phenoxy) is 4. The number of carbonyl (C=O) groups excluding carboxylic acids is 3. The van der Waals surface area contributed by atoms with Crippen molar-refractivity contribution in [3.05, 3.63) is 47.2 Å². The second kappa shape index (κ2) is 11.7. The summed E-state index contributed by atoms with van der Waals surface area (Å²) in [5.41, 5.74) is 6.23. The topological polar surface area (TPSA) is 133 Å². The van der Waals surface area contributed by atoms with Crippen LogP contribution < -0.4 is 10.6 Å². The Hall–Kier alpha value is -3.59. The number of halogens is 2. The van der Waals surface area contributed by atoms with Crippen molar-refractivity contribution < 1.29 is 46.9 Å². The highest BCUT2D eigenvalue weighted by Gasteiger charge is 2.43. The molecule has 4 atom stereocenters. The predicted octanol–water partition coefficient (Wildman–Crippen LogP) is 3.84. The summed E-state index contributed by atoms with van der Waals surface area (Å²) in [6.07, 6.45) is -0.535. The van der Waals surface area contributed by atoms with Gasteiger partial charge in [-0.25, -0.2) is 18.4 Å². The van der Waals surface area contributed by atoms with Gasteiger partial charge < -0.3 is 29.6 Å². The van der Waals surface area contributed by atoms with E-state index in [0.717, 1.165) is 22.1 Å². The first-order valence-corrected chi connectivity index (χ1v) is 14.4. The molecule has 12 nitrogen and oxygen atoms in total. The van der Waals surface area contributed by atoms with E-state index in [0.29, 0.717) is 11.3 Å². The van der Waals surface area contributed by atoms with Crippen molar-refractivity contribution in [3.63, 3.8) is 0 Å². The quantitative estimate of drug-likeness (QED) is 0.521. The Bertz CT molecular complexity index is 1380. The third-order valence-corrected chi connectivity index (χ3v) is 7.62. The summed E-state index contributed by atoms with van der Waals surface area (Å²) >= 11 is 0. The third-order valence-electron chi connectivity index (χ3n) is 7.62. The first kappa shape index (κ1) is 31.8. The molecule has 2 fully saturated rings. The summed E-state index contributed by atoms with van der Waals surface area (Å²) < 4.78 is 52.6. The molecule has 3 amide bonds. The van der Waals surface area contributed by atoms with E-state index in [1.54, 1.807) is 58.6 Å². The number of benzene rings is 1. The zero-order valence-electron chi connectivity index (χ0n) is 25.6. The molecule has 1 aromatic carbocycles. The second-order valence-electron chi connectivity index (χ2n) is 12.6. The fourth-order valence-electron chi connectivity index (χ4n) is 5.45. The molecule has 14 heteroatoms. The van der Waals surface area contributed by atoms with Gasteiger partial charge in [-0.05, 0) is 71.7 Å². The predicted molar refractivity (Wildman–Crippen MR) is 153 cm³/mol. The van der Waals surface area contributed by atoms with Crippen LogP contribution in [0.15, 0.2) is 30.0 Å². The molecule has 0 aliphatic carbocycles. The van der Waals surface area contributed by atoms with E-state index < -0.39 is 59.6 Å². The van der Waals surface area contributed by atoms with E-state index in [4.69, 9.17) is 29.5 Å². The standard InChI is InChI=1S/C30H38F2N4O8/c1-16-11-21(44-36(16)28(39)43-29(2,3)4)25(33)22-14-35(27(38)41-22)18-12-19(31)24(20(32)13-18)17-7-9-34(10-8-17)26(37)23-15-40-30(5,6)42-23/h7,11-13,21-23,25H,8-10,14-15,33H2,1-6H3/t21?,22-,23+,25?/m1/s1. The van der Waals surface area contributed by atoms with Gasteiger partial charge in [0.2, 0.25) is 0 Å². The average Bonchev–Trinajstić information content (AvgIpc) is 3.62. The third kappa shape index (κ3) is 6.58. The van der Waals surface area contributed by atoms with Crippen LogP contribution in [0.1, 0.15) is 53.5 Å². The van der Waals surface area contributed by atoms with E-state index >= 15 is 8.78 Å². The highest BCUT2D eigenvalue weighted by Crippen LogP contribution is 2.34. The molecule has 2 saturated heterocycles. The summed E-state index contributed by atoms with van der Waals surface area (Å²) in [6.45, 7) is 10.7. The molecule has 0 aromatic heterocycles. The maximum absolute atomic E-state index is 15.4. The van der Waals surface area contributed by atoms with Gasteiger partial charge >= 0.3 is 12.2 Å². The number of amides is 3. The Kier molecular flexibility index (Phi) is 8.48. The molecule has 1 aromatic rings. The molecular weight excluding hydrogens is 582 g/mol. The van der Waals surface area contributed by atoms with Crippen molar-refractivity contribution in [2.75, 3.05) is 31.1 Å². The number of anilines is 1. The molecule has 0 bridgehead atoms. The number of hydrogen-bond donors (Lipinski definition) is 1. The number of nitrogens with zero attached hydrogens (tertiary/aromatic N) is 3. The van der Waals surface area contributed by atoms with E-state index in [9.17, 15) is 14.4 Å². The maximum Gasteiger partial charge on any atom is 0.439 e. The van der Waals surface area contributed by atoms with Gasteiger partial charge in [-0.15, -0.1) is 0 Å². The number of carbonyl (C=O) groups is 3.